The third kappa shape index (κ3) is 3.64. The quantitative estimate of drug-likeness (QED) is 0.556. The van der Waals surface area contributed by atoms with Gasteiger partial charge in [0.25, 0.3) is 0 Å². The molecule has 0 aromatic heterocycles. The van der Waals surface area contributed by atoms with Crippen molar-refractivity contribution in [3.8, 4) is 0 Å². The second-order valence-corrected chi connectivity index (χ2v) is 11.2. The Bertz CT molecular complexity index is 805. The SMILES string of the molecule is c1ccc(C2COC(c3ccccc3P(C3CCCC3)C3CCCC3)=N2)cc1. The molecule has 2 fully saturated rings. The molecule has 1 aliphatic heterocycles. The van der Waals surface area contributed by atoms with Crippen LogP contribution in [0, 0.1) is 0 Å². The Labute approximate surface area is 170 Å². The molecule has 2 aromatic rings. The molecule has 0 bridgehead atoms. The summed E-state index contributed by atoms with van der Waals surface area (Å²) in [6, 6.07) is 19.8. The first-order valence-corrected chi connectivity index (χ1v) is 12.5. The number of benzene rings is 2. The van der Waals surface area contributed by atoms with Crippen LogP contribution >= 0.6 is 7.92 Å². The molecule has 1 unspecified atom stereocenters. The van der Waals surface area contributed by atoms with Crippen molar-refractivity contribution in [2.24, 2.45) is 4.99 Å². The van der Waals surface area contributed by atoms with Gasteiger partial charge in [-0.05, 0) is 53.9 Å². The van der Waals surface area contributed by atoms with Crippen LogP contribution < -0.4 is 5.30 Å². The van der Waals surface area contributed by atoms with Crippen LogP contribution in [0.5, 0.6) is 0 Å². The maximum atomic E-state index is 6.18. The molecule has 5 rings (SSSR count). The van der Waals surface area contributed by atoms with E-state index in [1.54, 1.807) is 5.30 Å². The molecular formula is C25H30NOP. The van der Waals surface area contributed by atoms with E-state index in [2.05, 4.69) is 54.6 Å². The van der Waals surface area contributed by atoms with Crippen LogP contribution in [0.3, 0.4) is 0 Å². The van der Waals surface area contributed by atoms with Crippen molar-refractivity contribution in [3.05, 3.63) is 65.7 Å². The smallest absolute Gasteiger partial charge is 0.217 e. The van der Waals surface area contributed by atoms with E-state index in [-0.39, 0.29) is 14.0 Å². The maximum Gasteiger partial charge on any atom is 0.217 e. The van der Waals surface area contributed by atoms with E-state index < -0.39 is 0 Å². The summed E-state index contributed by atoms with van der Waals surface area (Å²) in [5, 5.41) is 1.57. The summed E-state index contributed by atoms with van der Waals surface area (Å²) in [5.41, 5.74) is 4.35. The first-order valence-electron chi connectivity index (χ1n) is 11.0. The van der Waals surface area contributed by atoms with Gasteiger partial charge in [0, 0.05) is 5.56 Å². The van der Waals surface area contributed by atoms with Crippen LogP contribution in [0.25, 0.3) is 0 Å². The molecular weight excluding hydrogens is 361 g/mol. The maximum absolute atomic E-state index is 6.18. The van der Waals surface area contributed by atoms with E-state index in [4.69, 9.17) is 9.73 Å². The first-order chi connectivity index (χ1) is 13.9. The average molecular weight is 391 g/mol. The summed E-state index contributed by atoms with van der Waals surface area (Å²) in [4.78, 5) is 5.03. The summed E-state index contributed by atoms with van der Waals surface area (Å²) in [7, 11) is -0.124. The van der Waals surface area contributed by atoms with Crippen molar-refractivity contribution < 1.29 is 4.74 Å². The fourth-order valence-corrected chi connectivity index (χ4v) is 9.24. The Kier molecular flexibility index (Phi) is 5.50. The summed E-state index contributed by atoms with van der Waals surface area (Å²) in [6.45, 7) is 0.665. The average Bonchev–Trinajstić information content (AvgIpc) is 3.52. The lowest BCUT2D eigenvalue weighted by Gasteiger charge is -2.32. The Morgan fingerprint density at radius 3 is 2.04 bits per heavy atom. The van der Waals surface area contributed by atoms with E-state index in [0.717, 1.165) is 17.2 Å². The highest BCUT2D eigenvalue weighted by Gasteiger charge is 2.36. The zero-order valence-corrected chi connectivity index (χ0v) is 17.5. The van der Waals surface area contributed by atoms with Crippen molar-refractivity contribution >= 4 is 19.1 Å². The summed E-state index contributed by atoms with van der Waals surface area (Å²) in [5.74, 6) is 0.882. The minimum atomic E-state index is -0.124. The predicted molar refractivity (Wildman–Crippen MR) is 119 cm³/mol. The molecule has 146 valence electrons. The van der Waals surface area contributed by atoms with Crippen molar-refractivity contribution in [1.29, 1.82) is 0 Å². The molecule has 1 atom stereocenters. The predicted octanol–water partition coefficient (Wildman–Crippen LogP) is 6.20. The van der Waals surface area contributed by atoms with E-state index in [9.17, 15) is 0 Å². The summed E-state index contributed by atoms with van der Waals surface area (Å²) in [6.07, 6.45) is 11.4. The van der Waals surface area contributed by atoms with Gasteiger partial charge in [0.2, 0.25) is 5.90 Å². The van der Waals surface area contributed by atoms with Crippen LogP contribution in [-0.2, 0) is 4.74 Å². The topological polar surface area (TPSA) is 21.6 Å². The summed E-state index contributed by atoms with van der Waals surface area (Å²) >= 11 is 0. The van der Waals surface area contributed by atoms with E-state index in [1.165, 1.54) is 62.5 Å². The molecule has 1 heterocycles. The zero-order valence-electron chi connectivity index (χ0n) is 16.6. The molecule has 3 aliphatic rings. The summed E-state index contributed by atoms with van der Waals surface area (Å²) < 4.78 is 6.18. The van der Waals surface area contributed by atoms with Crippen molar-refractivity contribution in [2.75, 3.05) is 6.61 Å². The molecule has 0 saturated heterocycles. The molecule has 2 saturated carbocycles. The first kappa shape index (κ1) is 18.4. The number of hydrogen-bond donors (Lipinski definition) is 0. The van der Waals surface area contributed by atoms with Gasteiger partial charge in [-0.15, -0.1) is 0 Å². The highest BCUT2D eigenvalue weighted by molar-refractivity contribution is 7.67. The molecule has 28 heavy (non-hydrogen) atoms. The van der Waals surface area contributed by atoms with Crippen LogP contribution in [0.2, 0.25) is 0 Å². The number of nitrogens with zero attached hydrogens (tertiary/aromatic N) is 1. The highest BCUT2D eigenvalue weighted by atomic mass is 31.1. The van der Waals surface area contributed by atoms with Crippen molar-refractivity contribution in [1.82, 2.24) is 0 Å². The highest BCUT2D eigenvalue weighted by Crippen LogP contribution is 2.56. The van der Waals surface area contributed by atoms with Gasteiger partial charge < -0.3 is 4.74 Å². The second kappa shape index (κ2) is 8.37. The van der Waals surface area contributed by atoms with Gasteiger partial charge in [0.15, 0.2) is 0 Å². The standard InChI is InChI=1S/C25H30NOP/c1-2-10-19(11-3-1)23-18-27-25(26-23)22-16-8-9-17-24(22)28(20-12-4-5-13-20)21-14-6-7-15-21/h1-3,8-11,16-17,20-21,23H,4-7,12-15,18H2. The van der Waals surface area contributed by atoms with E-state index in [0.29, 0.717) is 6.61 Å². The van der Waals surface area contributed by atoms with Crippen molar-refractivity contribution in [2.45, 2.75) is 68.7 Å². The Hall–Kier alpha value is -1.66. The van der Waals surface area contributed by atoms with Gasteiger partial charge >= 0.3 is 0 Å². The van der Waals surface area contributed by atoms with E-state index >= 15 is 0 Å². The lowest BCUT2D eigenvalue weighted by Crippen LogP contribution is -2.24. The van der Waals surface area contributed by atoms with Gasteiger partial charge in [-0.3, -0.25) is 0 Å². The van der Waals surface area contributed by atoms with Crippen LogP contribution in [0.15, 0.2) is 59.6 Å². The normalized spacial score (nSPS) is 23.3. The zero-order chi connectivity index (χ0) is 18.8. The Balaban J connectivity index is 1.49. The van der Waals surface area contributed by atoms with Crippen LogP contribution in [0.4, 0.5) is 0 Å². The van der Waals surface area contributed by atoms with Gasteiger partial charge in [-0.25, -0.2) is 4.99 Å². The molecule has 0 N–H and O–H groups in total. The van der Waals surface area contributed by atoms with Crippen molar-refractivity contribution in [3.63, 3.8) is 0 Å². The molecule has 2 aliphatic carbocycles. The fraction of sp³-hybridized carbons (Fsp3) is 0.480. The molecule has 0 spiro atoms. The largest absolute Gasteiger partial charge is 0.475 e. The fourth-order valence-electron chi connectivity index (χ4n) is 5.30. The van der Waals surface area contributed by atoms with Gasteiger partial charge in [-0.1, -0.05) is 82.1 Å². The lowest BCUT2D eigenvalue weighted by atomic mass is 10.1. The minimum absolute atomic E-state index is 0.124. The number of hydrogen-bond acceptors (Lipinski definition) is 2. The van der Waals surface area contributed by atoms with Gasteiger partial charge in [-0.2, -0.15) is 0 Å². The van der Waals surface area contributed by atoms with Crippen LogP contribution in [-0.4, -0.2) is 23.8 Å². The van der Waals surface area contributed by atoms with Gasteiger partial charge in [0.05, 0.1) is 0 Å². The molecule has 2 aromatic carbocycles. The molecule has 0 amide bonds. The monoisotopic (exact) mass is 391 g/mol. The number of rotatable bonds is 5. The second-order valence-electron chi connectivity index (χ2n) is 8.47. The molecule has 2 nitrogen and oxygen atoms in total. The van der Waals surface area contributed by atoms with E-state index in [1.807, 2.05) is 0 Å². The third-order valence-electron chi connectivity index (χ3n) is 6.68. The van der Waals surface area contributed by atoms with Crippen LogP contribution in [0.1, 0.15) is 68.5 Å². The lowest BCUT2D eigenvalue weighted by molar-refractivity contribution is 0.320. The minimum Gasteiger partial charge on any atom is -0.475 e. The third-order valence-corrected chi connectivity index (χ3v) is 10.2. The Morgan fingerprint density at radius 2 is 1.36 bits per heavy atom. The number of ether oxygens (including phenoxy) is 1. The number of aliphatic imine (C=N–C) groups is 1. The molecule has 3 heteroatoms. The molecule has 0 radical (unpaired) electrons. The van der Waals surface area contributed by atoms with Gasteiger partial charge in [0.1, 0.15) is 12.6 Å². The Morgan fingerprint density at radius 1 is 0.750 bits per heavy atom.